The predicted molar refractivity (Wildman–Crippen MR) is 99.3 cm³/mol. The van der Waals surface area contributed by atoms with Crippen molar-refractivity contribution in [3.05, 3.63) is 60.7 Å². The summed E-state index contributed by atoms with van der Waals surface area (Å²) in [6, 6.07) is 12.6. The molecule has 0 spiro atoms. The minimum absolute atomic E-state index is 0.105. The van der Waals surface area contributed by atoms with Crippen molar-refractivity contribution < 1.29 is 19.0 Å². The molecule has 1 aliphatic rings. The lowest BCUT2D eigenvalue weighted by Crippen LogP contribution is -2.19. The number of carbonyl (C=O) groups is 1. The van der Waals surface area contributed by atoms with E-state index in [0.717, 1.165) is 12.2 Å². The molecule has 1 N–H and O–H groups in total. The number of hydrogen-bond acceptors (Lipinski definition) is 5. The van der Waals surface area contributed by atoms with Crippen LogP contribution in [0.15, 0.2) is 54.9 Å². The first-order valence-electron chi connectivity index (χ1n) is 8.68. The summed E-state index contributed by atoms with van der Waals surface area (Å²) in [5.41, 5.74) is 0.705. The van der Waals surface area contributed by atoms with E-state index in [9.17, 15) is 4.79 Å². The maximum absolute atomic E-state index is 12.2. The molecule has 138 valence electrons. The largest absolute Gasteiger partial charge is 0.457 e. The van der Waals surface area contributed by atoms with E-state index in [1.54, 1.807) is 42.7 Å². The molecule has 0 saturated heterocycles. The third-order valence-electron chi connectivity index (χ3n) is 4.15. The Balaban J connectivity index is 1.36. The summed E-state index contributed by atoms with van der Waals surface area (Å²) < 4.78 is 18.3. The van der Waals surface area contributed by atoms with Crippen LogP contribution in [-0.2, 0) is 17.8 Å². The Morgan fingerprint density at radius 1 is 1.15 bits per heavy atom. The van der Waals surface area contributed by atoms with Gasteiger partial charge in [0, 0.05) is 30.6 Å². The Labute approximate surface area is 156 Å². The third-order valence-corrected chi connectivity index (χ3v) is 4.15. The fraction of sp³-hybridized carbons (Fsp3) is 0.200. The molecule has 2 aromatic carbocycles. The highest BCUT2D eigenvalue weighted by atomic mass is 16.7. The highest BCUT2D eigenvalue weighted by Crippen LogP contribution is 2.36. The summed E-state index contributed by atoms with van der Waals surface area (Å²) in [4.78, 5) is 16.4. The van der Waals surface area contributed by atoms with E-state index in [1.807, 2.05) is 23.6 Å². The molecule has 0 radical (unpaired) electrons. The average molecular weight is 365 g/mol. The van der Waals surface area contributed by atoms with Crippen LogP contribution in [0.5, 0.6) is 23.0 Å². The minimum atomic E-state index is -0.105. The molecule has 0 atom stereocenters. The molecule has 1 aromatic heterocycles. The van der Waals surface area contributed by atoms with E-state index in [2.05, 4.69) is 10.3 Å². The van der Waals surface area contributed by atoms with Crippen molar-refractivity contribution in [2.24, 2.45) is 0 Å². The van der Waals surface area contributed by atoms with Gasteiger partial charge in [-0.2, -0.15) is 0 Å². The lowest BCUT2D eigenvalue weighted by Gasteiger charge is -2.10. The van der Waals surface area contributed by atoms with Crippen LogP contribution in [0, 0.1) is 0 Å². The number of anilines is 1. The Hall–Kier alpha value is -3.48. The molecule has 27 heavy (non-hydrogen) atoms. The number of amides is 1. The number of nitrogens with one attached hydrogen (secondary N) is 1. The summed E-state index contributed by atoms with van der Waals surface area (Å²) in [7, 11) is 0. The van der Waals surface area contributed by atoms with E-state index < -0.39 is 0 Å². The highest BCUT2D eigenvalue weighted by Gasteiger charge is 2.14. The molecule has 4 rings (SSSR count). The van der Waals surface area contributed by atoms with Crippen molar-refractivity contribution in [2.45, 2.75) is 19.9 Å². The number of aryl methyl sites for hydroxylation is 1. The van der Waals surface area contributed by atoms with Crippen LogP contribution in [0.3, 0.4) is 0 Å². The molecule has 0 saturated carbocycles. The number of imidazole rings is 1. The highest BCUT2D eigenvalue weighted by molar-refractivity contribution is 5.90. The van der Waals surface area contributed by atoms with Crippen LogP contribution >= 0.6 is 0 Å². The van der Waals surface area contributed by atoms with Gasteiger partial charge in [0.1, 0.15) is 23.9 Å². The molecule has 0 bridgehead atoms. The molecular weight excluding hydrogens is 346 g/mol. The normalized spacial score (nSPS) is 12.0. The standard InChI is InChI=1S/C20H19N3O4/c1-2-19-21-9-10-23(19)12-20(24)22-14-3-5-15(6-4-14)27-16-7-8-17-18(11-16)26-13-25-17/h3-11H,2,12-13H2,1H3,(H,22,24). The number of aromatic nitrogens is 2. The van der Waals surface area contributed by atoms with E-state index in [-0.39, 0.29) is 19.2 Å². The molecule has 1 aliphatic heterocycles. The zero-order chi connectivity index (χ0) is 18.6. The van der Waals surface area contributed by atoms with Gasteiger partial charge in [-0.25, -0.2) is 4.98 Å². The van der Waals surface area contributed by atoms with Crippen LogP contribution < -0.4 is 19.5 Å². The summed E-state index contributed by atoms with van der Waals surface area (Å²) in [6.07, 6.45) is 4.29. The van der Waals surface area contributed by atoms with E-state index >= 15 is 0 Å². The maximum atomic E-state index is 12.2. The number of fused-ring (bicyclic) bond motifs is 1. The molecule has 3 aromatic rings. The van der Waals surface area contributed by atoms with Gasteiger partial charge in [-0.3, -0.25) is 4.79 Å². The van der Waals surface area contributed by atoms with Gasteiger partial charge in [0.25, 0.3) is 0 Å². The second-order valence-electron chi connectivity index (χ2n) is 6.01. The molecular formula is C20H19N3O4. The van der Waals surface area contributed by atoms with Crippen molar-refractivity contribution >= 4 is 11.6 Å². The number of rotatable bonds is 6. The zero-order valence-corrected chi connectivity index (χ0v) is 14.8. The van der Waals surface area contributed by atoms with Crippen molar-refractivity contribution in [1.29, 1.82) is 0 Å². The predicted octanol–water partition coefficient (Wildman–Crippen LogP) is 3.61. The molecule has 7 heteroatoms. The first kappa shape index (κ1) is 17.0. The second kappa shape index (κ2) is 7.41. The van der Waals surface area contributed by atoms with Crippen LogP contribution in [0.1, 0.15) is 12.7 Å². The summed E-state index contributed by atoms with van der Waals surface area (Å²) >= 11 is 0. The molecule has 0 unspecified atom stereocenters. The molecule has 0 fully saturated rings. The number of hydrogen-bond donors (Lipinski definition) is 1. The third kappa shape index (κ3) is 3.87. The van der Waals surface area contributed by atoms with Crippen molar-refractivity contribution in [1.82, 2.24) is 9.55 Å². The second-order valence-corrected chi connectivity index (χ2v) is 6.01. The lowest BCUT2D eigenvalue weighted by molar-refractivity contribution is -0.116. The Bertz CT molecular complexity index is 950. The average Bonchev–Trinajstić information content (AvgIpc) is 3.31. The number of carbonyl (C=O) groups excluding carboxylic acids is 1. The Kier molecular flexibility index (Phi) is 4.65. The SMILES string of the molecule is CCc1nccn1CC(=O)Nc1ccc(Oc2ccc3c(c2)OCO3)cc1. The van der Waals surface area contributed by atoms with Crippen LogP contribution in [0.25, 0.3) is 0 Å². The molecule has 7 nitrogen and oxygen atoms in total. The number of ether oxygens (including phenoxy) is 3. The lowest BCUT2D eigenvalue weighted by atomic mass is 10.3. The minimum Gasteiger partial charge on any atom is -0.457 e. The fourth-order valence-electron chi connectivity index (χ4n) is 2.84. The smallest absolute Gasteiger partial charge is 0.244 e. The van der Waals surface area contributed by atoms with Gasteiger partial charge >= 0.3 is 0 Å². The van der Waals surface area contributed by atoms with Crippen molar-refractivity contribution in [3.63, 3.8) is 0 Å². The van der Waals surface area contributed by atoms with Gasteiger partial charge < -0.3 is 24.1 Å². The van der Waals surface area contributed by atoms with Gasteiger partial charge in [0.2, 0.25) is 12.7 Å². The van der Waals surface area contributed by atoms with E-state index in [4.69, 9.17) is 14.2 Å². The van der Waals surface area contributed by atoms with Gasteiger partial charge in [0.05, 0.1) is 0 Å². The quantitative estimate of drug-likeness (QED) is 0.722. The fourth-order valence-corrected chi connectivity index (χ4v) is 2.84. The number of benzene rings is 2. The Morgan fingerprint density at radius 3 is 2.74 bits per heavy atom. The van der Waals surface area contributed by atoms with Gasteiger partial charge in [-0.1, -0.05) is 6.92 Å². The van der Waals surface area contributed by atoms with Crippen LogP contribution in [-0.4, -0.2) is 22.3 Å². The van der Waals surface area contributed by atoms with E-state index in [1.165, 1.54) is 0 Å². The summed E-state index contributed by atoms with van der Waals surface area (Å²) in [5.74, 6) is 3.48. The maximum Gasteiger partial charge on any atom is 0.244 e. The van der Waals surface area contributed by atoms with E-state index in [0.29, 0.717) is 28.7 Å². The van der Waals surface area contributed by atoms with Crippen molar-refractivity contribution in [3.8, 4) is 23.0 Å². The Morgan fingerprint density at radius 2 is 1.93 bits per heavy atom. The van der Waals surface area contributed by atoms with Gasteiger partial charge in [0.15, 0.2) is 11.5 Å². The van der Waals surface area contributed by atoms with Crippen LogP contribution in [0.4, 0.5) is 5.69 Å². The molecule has 2 heterocycles. The zero-order valence-electron chi connectivity index (χ0n) is 14.8. The number of nitrogens with zero attached hydrogens (tertiary/aromatic N) is 2. The first-order chi connectivity index (χ1) is 13.2. The van der Waals surface area contributed by atoms with Gasteiger partial charge in [-0.05, 0) is 36.4 Å². The molecule has 1 amide bonds. The monoisotopic (exact) mass is 365 g/mol. The summed E-state index contributed by atoms with van der Waals surface area (Å²) in [5, 5.41) is 2.88. The molecule has 0 aliphatic carbocycles. The van der Waals surface area contributed by atoms with Crippen LogP contribution in [0.2, 0.25) is 0 Å². The summed E-state index contributed by atoms with van der Waals surface area (Å²) in [6.45, 7) is 2.47. The van der Waals surface area contributed by atoms with Crippen molar-refractivity contribution in [2.75, 3.05) is 12.1 Å². The topological polar surface area (TPSA) is 74.6 Å². The first-order valence-corrected chi connectivity index (χ1v) is 8.68. The van der Waals surface area contributed by atoms with Gasteiger partial charge in [-0.15, -0.1) is 0 Å².